The molecule has 1 aromatic rings. The summed E-state index contributed by atoms with van der Waals surface area (Å²) >= 11 is 0. The van der Waals surface area contributed by atoms with Crippen molar-refractivity contribution < 1.29 is 22.0 Å². The molecule has 0 radical (unpaired) electrons. The second kappa shape index (κ2) is 7.53. The fourth-order valence-electron chi connectivity index (χ4n) is 2.06. The first-order chi connectivity index (χ1) is 10.2. The van der Waals surface area contributed by atoms with E-state index >= 15 is 0 Å². The second-order valence-corrected chi connectivity index (χ2v) is 6.66. The summed E-state index contributed by atoms with van der Waals surface area (Å²) in [6.45, 7) is 4.58. The van der Waals surface area contributed by atoms with Gasteiger partial charge >= 0.3 is 0 Å². The van der Waals surface area contributed by atoms with Crippen LogP contribution in [-0.2, 0) is 14.8 Å². The summed E-state index contributed by atoms with van der Waals surface area (Å²) in [5, 5.41) is 0. The van der Waals surface area contributed by atoms with Gasteiger partial charge < -0.3 is 4.90 Å². The van der Waals surface area contributed by atoms with Crippen LogP contribution in [-0.4, -0.2) is 45.1 Å². The molecule has 124 valence electrons. The molecule has 1 rings (SSSR count). The maximum Gasteiger partial charge on any atom is 0.232 e. The van der Waals surface area contributed by atoms with Crippen molar-refractivity contribution in [3.8, 4) is 0 Å². The molecule has 0 aliphatic rings. The lowest BCUT2D eigenvalue weighted by Crippen LogP contribution is -2.36. The largest absolute Gasteiger partial charge is 0.343 e. The number of benzene rings is 1. The van der Waals surface area contributed by atoms with Crippen molar-refractivity contribution in [1.29, 1.82) is 0 Å². The summed E-state index contributed by atoms with van der Waals surface area (Å²) in [4.78, 5) is 13.5. The van der Waals surface area contributed by atoms with Crippen molar-refractivity contribution in [3.63, 3.8) is 0 Å². The van der Waals surface area contributed by atoms with Crippen LogP contribution in [0.3, 0.4) is 0 Å². The van der Waals surface area contributed by atoms with E-state index in [1.165, 1.54) is 6.07 Å². The third kappa shape index (κ3) is 4.66. The Bertz CT molecular complexity index is 631. The Morgan fingerprint density at radius 1 is 1.14 bits per heavy atom. The van der Waals surface area contributed by atoms with Gasteiger partial charge in [-0.15, -0.1) is 0 Å². The summed E-state index contributed by atoms with van der Waals surface area (Å²) in [6, 6.07) is 2.83. The van der Waals surface area contributed by atoms with Gasteiger partial charge in [-0.2, -0.15) is 0 Å². The van der Waals surface area contributed by atoms with Crippen molar-refractivity contribution in [2.75, 3.05) is 30.2 Å². The van der Waals surface area contributed by atoms with Gasteiger partial charge in [-0.25, -0.2) is 17.2 Å². The topological polar surface area (TPSA) is 57.7 Å². The van der Waals surface area contributed by atoms with Gasteiger partial charge in [0.1, 0.15) is 0 Å². The minimum Gasteiger partial charge on any atom is -0.343 e. The fourth-order valence-corrected chi connectivity index (χ4v) is 2.98. The zero-order chi connectivity index (χ0) is 16.9. The fraction of sp³-hybridized carbons (Fsp3) is 0.500. The van der Waals surface area contributed by atoms with E-state index in [1.807, 2.05) is 13.8 Å². The van der Waals surface area contributed by atoms with Gasteiger partial charge in [0.2, 0.25) is 15.9 Å². The third-order valence-corrected chi connectivity index (χ3v) is 4.43. The highest BCUT2D eigenvalue weighted by Crippen LogP contribution is 2.21. The molecule has 0 unspecified atom stereocenters. The van der Waals surface area contributed by atoms with Gasteiger partial charge in [0.05, 0.1) is 11.9 Å². The molecule has 0 spiro atoms. The van der Waals surface area contributed by atoms with E-state index < -0.39 is 21.7 Å². The van der Waals surface area contributed by atoms with Crippen molar-refractivity contribution in [1.82, 2.24) is 4.90 Å². The Balaban J connectivity index is 2.96. The van der Waals surface area contributed by atoms with Crippen LogP contribution in [0.5, 0.6) is 0 Å². The van der Waals surface area contributed by atoms with Gasteiger partial charge in [0, 0.05) is 32.1 Å². The van der Waals surface area contributed by atoms with Crippen LogP contribution in [0.15, 0.2) is 18.2 Å². The van der Waals surface area contributed by atoms with Crippen LogP contribution in [0.2, 0.25) is 0 Å². The summed E-state index contributed by atoms with van der Waals surface area (Å²) in [6.07, 6.45) is 0.921. The highest BCUT2D eigenvalue weighted by Gasteiger charge is 2.21. The molecule has 0 aromatic heterocycles. The van der Waals surface area contributed by atoms with Crippen LogP contribution in [0.1, 0.15) is 20.3 Å². The lowest BCUT2D eigenvalue weighted by Gasteiger charge is -2.24. The SMILES string of the molecule is CCN(CC)C(=O)CCN(c1ccc(F)c(F)c1)S(C)(=O)=O. The third-order valence-electron chi connectivity index (χ3n) is 3.24. The van der Waals surface area contributed by atoms with Gasteiger partial charge in [-0.1, -0.05) is 0 Å². The maximum absolute atomic E-state index is 13.3. The van der Waals surface area contributed by atoms with Crippen LogP contribution in [0.25, 0.3) is 0 Å². The van der Waals surface area contributed by atoms with Crippen molar-refractivity contribution in [3.05, 3.63) is 29.8 Å². The van der Waals surface area contributed by atoms with Crippen LogP contribution in [0.4, 0.5) is 14.5 Å². The Morgan fingerprint density at radius 2 is 1.73 bits per heavy atom. The molecule has 0 aliphatic heterocycles. The standard InChI is InChI=1S/C14H20F2N2O3S/c1-4-17(5-2)14(19)8-9-18(22(3,20)21)11-6-7-12(15)13(16)10-11/h6-7,10H,4-5,8-9H2,1-3H3. The predicted octanol–water partition coefficient (Wildman–Crippen LogP) is 1.99. The molecule has 1 aromatic carbocycles. The lowest BCUT2D eigenvalue weighted by atomic mass is 10.3. The monoisotopic (exact) mass is 334 g/mol. The predicted molar refractivity (Wildman–Crippen MR) is 81.1 cm³/mol. The average molecular weight is 334 g/mol. The molecule has 0 N–H and O–H groups in total. The molecular weight excluding hydrogens is 314 g/mol. The molecule has 0 atom stereocenters. The molecule has 0 heterocycles. The Morgan fingerprint density at radius 3 is 2.18 bits per heavy atom. The van der Waals surface area contributed by atoms with Crippen molar-refractivity contribution >= 4 is 21.6 Å². The van der Waals surface area contributed by atoms with Crippen LogP contribution < -0.4 is 4.31 Å². The molecule has 1 amide bonds. The zero-order valence-electron chi connectivity index (χ0n) is 12.8. The molecule has 0 bridgehead atoms. The van der Waals surface area contributed by atoms with Crippen LogP contribution >= 0.6 is 0 Å². The summed E-state index contributed by atoms with van der Waals surface area (Å²) in [5.41, 5.74) is -0.00579. The number of amides is 1. The molecular formula is C14H20F2N2O3S. The number of rotatable bonds is 7. The summed E-state index contributed by atoms with van der Waals surface area (Å²) in [7, 11) is -3.71. The molecule has 0 saturated carbocycles. The number of halogens is 2. The van der Waals surface area contributed by atoms with Crippen molar-refractivity contribution in [2.24, 2.45) is 0 Å². The van der Waals surface area contributed by atoms with E-state index in [2.05, 4.69) is 0 Å². The highest BCUT2D eigenvalue weighted by molar-refractivity contribution is 7.92. The first kappa shape index (κ1) is 18.3. The maximum atomic E-state index is 13.3. The lowest BCUT2D eigenvalue weighted by molar-refractivity contribution is -0.130. The zero-order valence-corrected chi connectivity index (χ0v) is 13.7. The van der Waals surface area contributed by atoms with Gasteiger partial charge in [-0.05, 0) is 26.0 Å². The second-order valence-electron chi connectivity index (χ2n) is 4.75. The number of carbonyl (C=O) groups is 1. The van der Waals surface area contributed by atoms with E-state index in [0.717, 1.165) is 22.7 Å². The molecule has 0 aliphatic carbocycles. The van der Waals surface area contributed by atoms with Crippen LogP contribution in [0, 0.1) is 11.6 Å². The number of hydrogen-bond acceptors (Lipinski definition) is 3. The summed E-state index contributed by atoms with van der Waals surface area (Å²) < 4.78 is 50.8. The molecule has 0 fully saturated rings. The van der Waals surface area contributed by atoms with Gasteiger partial charge in [0.25, 0.3) is 0 Å². The minimum absolute atomic E-state index is 0.00579. The van der Waals surface area contributed by atoms with E-state index in [9.17, 15) is 22.0 Å². The van der Waals surface area contributed by atoms with Gasteiger partial charge in [-0.3, -0.25) is 9.10 Å². The smallest absolute Gasteiger partial charge is 0.232 e. The first-order valence-electron chi connectivity index (χ1n) is 6.91. The highest BCUT2D eigenvalue weighted by atomic mass is 32.2. The van der Waals surface area contributed by atoms with E-state index in [0.29, 0.717) is 13.1 Å². The molecule has 5 nitrogen and oxygen atoms in total. The number of hydrogen-bond donors (Lipinski definition) is 0. The number of carbonyl (C=O) groups excluding carboxylic acids is 1. The van der Waals surface area contributed by atoms with E-state index in [4.69, 9.17) is 0 Å². The van der Waals surface area contributed by atoms with Gasteiger partial charge in [0.15, 0.2) is 11.6 Å². The van der Waals surface area contributed by atoms with E-state index in [1.54, 1.807) is 4.90 Å². The Hall–Kier alpha value is -1.70. The Labute approximate surface area is 129 Å². The molecule has 22 heavy (non-hydrogen) atoms. The normalized spacial score (nSPS) is 11.3. The number of nitrogens with zero attached hydrogens (tertiary/aromatic N) is 2. The number of sulfonamides is 1. The minimum atomic E-state index is -3.71. The quantitative estimate of drug-likeness (QED) is 0.766. The first-order valence-corrected chi connectivity index (χ1v) is 8.76. The number of anilines is 1. The molecule has 8 heteroatoms. The summed E-state index contributed by atoms with van der Waals surface area (Å²) in [5.74, 6) is -2.39. The van der Waals surface area contributed by atoms with Crippen molar-refractivity contribution in [2.45, 2.75) is 20.3 Å². The molecule has 0 saturated heterocycles. The average Bonchev–Trinajstić information content (AvgIpc) is 2.42. The Kier molecular flexibility index (Phi) is 6.28. The van der Waals surface area contributed by atoms with E-state index in [-0.39, 0.29) is 24.6 Å².